The fourth-order valence-corrected chi connectivity index (χ4v) is 2.65. The van der Waals surface area contributed by atoms with E-state index in [2.05, 4.69) is 33.8 Å². The predicted octanol–water partition coefficient (Wildman–Crippen LogP) is 3.87. The molecule has 0 radical (unpaired) electrons. The first kappa shape index (κ1) is 13.3. The predicted molar refractivity (Wildman–Crippen MR) is 66.3 cm³/mol. The Labute approximate surface area is 98.7 Å². The van der Waals surface area contributed by atoms with Gasteiger partial charge >= 0.3 is 5.97 Å². The van der Waals surface area contributed by atoms with Crippen LogP contribution >= 0.6 is 0 Å². The molecule has 0 aliphatic heterocycles. The van der Waals surface area contributed by atoms with Crippen molar-refractivity contribution in [3.63, 3.8) is 0 Å². The summed E-state index contributed by atoms with van der Waals surface area (Å²) in [6.45, 7) is 8.47. The van der Waals surface area contributed by atoms with Gasteiger partial charge in [0.05, 0.1) is 5.92 Å². The maximum absolute atomic E-state index is 11.1. The molecule has 0 aromatic heterocycles. The summed E-state index contributed by atoms with van der Waals surface area (Å²) in [6, 6.07) is 0. The second-order valence-corrected chi connectivity index (χ2v) is 5.49. The van der Waals surface area contributed by atoms with E-state index in [0.717, 1.165) is 25.7 Å². The van der Waals surface area contributed by atoms with Gasteiger partial charge in [-0.2, -0.15) is 0 Å². The molecule has 1 aliphatic carbocycles. The van der Waals surface area contributed by atoms with Crippen molar-refractivity contribution in [3.05, 3.63) is 11.6 Å². The van der Waals surface area contributed by atoms with Crippen LogP contribution in [0.3, 0.4) is 0 Å². The van der Waals surface area contributed by atoms with E-state index in [1.165, 1.54) is 5.57 Å². The van der Waals surface area contributed by atoms with Crippen molar-refractivity contribution in [2.24, 2.45) is 17.3 Å². The van der Waals surface area contributed by atoms with Gasteiger partial charge in [-0.05, 0) is 24.2 Å². The fourth-order valence-electron chi connectivity index (χ4n) is 2.65. The molecule has 0 bridgehead atoms. The molecule has 2 nitrogen and oxygen atoms in total. The van der Waals surface area contributed by atoms with Crippen LogP contribution in [0.4, 0.5) is 0 Å². The summed E-state index contributed by atoms with van der Waals surface area (Å²) in [5.74, 6) is -0.562. The Balaban J connectivity index is 2.71. The summed E-state index contributed by atoms with van der Waals surface area (Å²) < 4.78 is 0. The zero-order valence-electron chi connectivity index (χ0n) is 10.9. The summed E-state index contributed by atoms with van der Waals surface area (Å²) in [5, 5.41) is 9.10. The molecule has 2 heteroatoms. The second kappa shape index (κ2) is 5.03. The molecule has 0 spiro atoms. The minimum absolute atomic E-state index is 0.0431. The van der Waals surface area contributed by atoms with E-state index < -0.39 is 5.97 Å². The zero-order valence-corrected chi connectivity index (χ0v) is 10.9. The van der Waals surface area contributed by atoms with Crippen molar-refractivity contribution in [2.45, 2.75) is 53.4 Å². The quantitative estimate of drug-likeness (QED) is 0.695. The molecule has 1 rings (SSSR count). The van der Waals surface area contributed by atoms with Crippen molar-refractivity contribution in [1.29, 1.82) is 0 Å². The van der Waals surface area contributed by atoms with Gasteiger partial charge < -0.3 is 5.11 Å². The molecule has 1 aliphatic rings. The fraction of sp³-hybridized carbons (Fsp3) is 0.786. The molecule has 1 saturated carbocycles. The summed E-state index contributed by atoms with van der Waals surface area (Å²) in [5.41, 5.74) is 1.41. The lowest BCUT2D eigenvalue weighted by Crippen LogP contribution is -2.03. The van der Waals surface area contributed by atoms with E-state index in [4.69, 9.17) is 5.11 Å². The highest BCUT2D eigenvalue weighted by molar-refractivity contribution is 5.76. The van der Waals surface area contributed by atoms with Crippen LogP contribution in [0.1, 0.15) is 53.4 Å². The molecule has 2 unspecified atom stereocenters. The molecule has 16 heavy (non-hydrogen) atoms. The van der Waals surface area contributed by atoms with Crippen LogP contribution in [-0.2, 0) is 4.79 Å². The lowest BCUT2D eigenvalue weighted by Gasteiger charge is -2.05. The number of carboxylic acid groups (broad SMARTS) is 1. The number of carbonyl (C=O) groups is 1. The van der Waals surface area contributed by atoms with Crippen LogP contribution < -0.4 is 0 Å². The highest BCUT2D eigenvalue weighted by Gasteiger charge is 2.60. The highest BCUT2D eigenvalue weighted by Crippen LogP contribution is 2.59. The minimum Gasteiger partial charge on any atom is -0.481 e. The average Bonchev–Trinajstić information content (AvgIpc) is 2.69. The summed E-state index contributed by atoms with van der Waals surface area (Å²) in [7, 11) is 0. The Morgan fingerprint density at radius 3 is 2.06 bits per heavy atom. The van der Waals surface area contributed by atoms with Gasteiger partial charge in [0.2, 0.25) is 0 Å². The molecule has 92 valence electrons. The van der Waals surface area contributed by atoms with Gasteiger partial charge in [-0.3, -0.25) is 4.79 Å². The lowest BCUT2D eigenvalue weighted by atomic mass is 10.0. The molecule has 0 heterocycles. The van der Waals surface area contributed by atoms with Crippen molar-refractivity contribution in [2.75, 3.05) is 0 Å². The number of allylic oxidation sites excluding steroid dienone is 2. The SMILES string of the molecule is CCCC(=CC1C(C(=O)O)C1(C)C)CCC. The van der Waals surface area contributed by atoms with Crippen molar-refractivity contribution >= 4 is 5.97 Å². The summed E-state index contributed by atoms with van der Waals surface area (Å²) >= 11 is 0. The first-order chi connectivity index (χ1) is 7.45. The van der Waals surface area contributed by atoms with E-state index in [-0.39, 0.29) is 17.3 Å². The van der Waals surface area contributed by atoms with Gasteiger partial charge in [-0.25, -0.2) is 0 Å². The normalized spacial score (nSPS) is 26.2. The molecular weight excluding hydrogens is 200 g/mol. The van der Waals surface area contributed by atoms with Gasteiger partial charge in [-0.15, -0.1) is 0 Å². The monoisotopic (exact) mass is 224 g/mol. The van der Waals surface area contributed by atoms with Crippen molar-refractivity contribution < 1.29 is 9.90 Å². The standard InChI is InChI=1S/C14H24O2/c1-5-7-10(8-6-2)9-11-12(13(15)16)14(11,3)4/h9,11-12H,5-8H2,1-4H3,(H,15,16). The average molecular weight is 224 g/mol. The minimum atomic E-state index is -0.640. The van der Waals surface area contributed by atoms with Crippen molar-refractivity contribution in [3.8, 4) is 0 Å². The summed E-state index contributed by atoms with van der Waals surface area (Å²) in [4.78, 5) is 11.1. The van der Waals surface area contributed by atoms with Crippen LogP contribution in [0, 0.1) is 17.3 Å². The Kier molecular flexibility index (Phi) is 4.17. The largest absolute Gasteiger partial charge is 0.481 e. The first-order valence-electron chi connectivity index (χ1n) is 6.37. The lowest BCUT2D eigenvalue weighted by molar-refractivity contribution is -0.139. The van der Waals surface area contributed by atoms with Crippen LogP contribution in [0.15, 0.2) is 11.6 Å². The van der Waals surface area contributed by atoms with Gasteiger partial charge in [0.1, 0.15) is 0 Å². The maximum atomic E-state index is 11.1. The highest BCUT2D eigenvalue weighted by atomic mass is 16.4. The van der Waals surface area contributed by atoms with Crippen LogP contribution in [0.5, 0.6) is 0 Å². The molecule has 0 saturated heterocycles. The van der Waals surface area contributed by atoms with E-state index in [9.17, 15) is 4.79 Å². The number of rotatable bonds is 6. The summed E-state index contributed by atoms with van der Waals surface area (Å²) in [6.07, 6.45) is 6.78. The van der Waals surface area contributed by atoms with Crippen LogP contribution in [-0.4, -0.2) is 11.1 Å². The van der Waals surface area contributed by atoms with Crippen LogP contribution in [0.25, 0.3) is 0 Å². The van der Waals surface area contributed by atoms with E-state index in [0.29, 0.717) is 0 Å². The van der Waals surface area contributed by atoms with E-state index in [1.54, 1.807) is 0 Å². The number of hydrogen-bond acceptors (Lipinski definition) is 1. The Hall–Kier alpha value is -0.790. The number of aliphatic carboxylic acids is 1. The molecular formula is C14H24O2. The topological polar surface area (TPSA) is 37.3 Å². The van der Waals surface area contributed by atoms with Gasteiger partial charge in [0, 0.05) is 0 Å². The zero-order chi connectivity index (χ0) is 12.3. The molecule has 2 atom stereocenters. The third kappa shape index (κ3) is 2.66. The molecule has 0 amide bonds. The van der Waals surface area contributed by atoms with E-state index >= 15 is 0 Å². The number of carboxylic acids is 1. The molecule has 0 aromatic carbocycles. The molecule has 0 aromatic rings. The molecule has 1 N–H and O–H groups in total. The Bertz CT molecular complexity index is 281. The third-order valence-corrected chi connectivity index (χ3v) is 3.73. The Morgan fingerprint density at radius 2 is 1.75 bits per heavy atom. The van der Waals surface area contributed by atoms with Crippen LogP contribution in [0.2, 0.25) is 0 Å². The van der Waals surface area contributed by atoms with Crippen molar-refractivity contribution in [1.82, 2.24) is 0 Å². The van der Waals surface area contributed by atoms with E-state index in [1.807, 2.05) is 0 Å². The number of hydrogen-bond donors (Lipinski definition) is 1. The first-order valence-corrected chi connectivity index (χ1v) is 6.37. The maximum Gasteiger partial charge on any atom is 0.307 e. The van der Waals surface area contributed by atoms with Gasteiger partial charge in [0.15, 0.2) is 0 Å². The third-order valence-electron chi connectivity index (χ3n) is 3.73. The molecule has 1 fully saturated rings. The Morgan fingerprint density at radius 1 is 1.25 bits per heavy atom. The van der Waals surface area contributed by atoms with Gasteiger partial charge in [0.25, 0.3) is 0 Å². The smallest absolute Gasteiger partial charge is 0.307 e. The van der Waals surface area contributed by atoms with Gasteiger partial charge in [-0.1, -0.05) is 52.2 Å². The second-order valence-electron chi connectivity index (χ2n) is 5.49.